The van der Waals surface area contributed by atoms with Crippen LogP contribution < -0.4 is 5.32 Å². The maximum atomic E-state index is 11.8. The molecule has 1 N–H and O–H groups in total. The summed E-state index contributed by atoms with van der Waals surface area (Å²) < 4.78 is 5.01. The number of Topliss-reactive ketones (excluding diaryl/α,β-unsaturated/α-hetero) is 1. The molecule has 0 bridgehead atoms. The topological polar surface area (TPSA) is 59.3 Å². The molecule has 0 unspecified atom stereocenters. The van der Waals surface area contributed by atoms with Gasteiger partial charge in [0.15, 0.2) is 11.5 Å². The SMILES string of the molecule is O=C(CCC(=O)c1ccco1)NC1CCCCCC1. The average molecular weight is 263 g/mol. The van der Waals surface area contributed by atoms with Gasteiger partial charge in [-0.05, 0) is 25.0 Å². The van der Waals surface area contributed by atoms with Gasteiger partial charge in [0.2, 0.25) is 5.91 Å². The van der Waals surface area contributed by atoms with E-state index in [1.807, 2.05) is 0 Å². The molecule has 104 valence electrons. The predicted octanol–water partition coefficient (Wildman–Crippen LogP) is 3.08. The summed E-state index contributed by atoms with van der Waals surface area (Å²) >= 11 is 0. The minimum Gasteiger partial charge on any atom is -0.461 e. The average Bonchev–Trinajstić information content (AvgIpc) is 2.82. The Morgan fingerprint density at radius 2 is 1.89 bits per heavy atom. The van der Waals surface area contributed by atoms with Crippen molar-refractivity contribution in [2.45, 2.75) is 57.4 Å². The summed E-state index contributed by atoms with van der Waals surface area (Å²) in [4.78, 5) is 23.5. The van der Waals surface area contributed by atoms with Crippen LogP contribution >= 0.6 is 0 Å². The van der Waals surface area contributed by atoms with E-state index in [1.165, 1.54) is 31.9 Å². The van der Waals surface area contributed by atoms with Gasteiger partial charge in [-0.25, -0.2) is 0 Å². The van der Waals surface area contributed by atoms with E-state index in [2.05, 4.69) is 5.32 Å². The first-order valence-electron chi connectivity index (χ1n) is 7.12. The van der Waals surface area contributed by atoms with Crippen molar-refractivity contribution in [2.24, 2.45) is 0 Å². The number of furan rings is 1. The highest BCUT2D eigenvalue weighted by Crippen LogP contribution is 2.17. The first-order valence-corrected chi connectivity index (χ1v) is 7.12. The van der Waals surface area contributed by atoms with Crippen molar-refractivity contribution >= 4 is 11.7 Å². The normalized spacial score (nSPS) is 16.8. The van der Waals surface area contributed by atoms with Crippen LogP contribution in [0.15, 0.2) is 22.8 Å². The van der Waals surface area contributed by atoms with Crippen LogP contribution in [0.2, 0.25) is 0 Å². The zero-order chi connectivity index (χ0) is 13.5. The van der Waals surface area contributed by atoms with E-state index in [1.54, 1.807) is 12.1 Å². The molecule has 1 aliphatic rings. The van der Waals surface area contributed by atoms with Crippen LogP contribution in [0.25, 0.3) is 0 Å². The second-order valence-electron chi connectivity index (χ2n) is 5.16. The van der Waals surface area contributed by atoms with Crippen LogP contribution in [-0.2, 0) is 4.79 Å². The van der Waals surface area contributed by atoms with Crippen molar-refractivity contribution in [1.82, 2.24) is 5.32 Å². The monoisotopic (exact) mass is 263 g/mol. The summed E-state index contributed by atoms with van der Waals surface area (Å²) in [6.45, 7) is 0. The zero-order valence-corrected chi connectivity index (χ0v) is 11.2. The fraction of sp³-hybridized carbons (Fsp3) is 0.600. The van der Waals surface area contributed by atoms with E-state index in [9.17, 15) is 9.59 Å². The third kappa shape index (κ3) is 4.54. The Hall–Kier alpha value is -1.58. The molecule has 1 aromatic rings. The molecule has 4 heteroatoms. The number of carbonyl (C=O) groups is 2. The number of amides is 1. The highest BCUT2D eigenvalue weighted by Gasteiger charge is 2.16. The molecule has 1 aromatic heterocycles. The molecular weight excluding hydrogens is 242 g/mol. The van der Waals surface area contributed by atoms with Crippen molar-refractivity contribution < 1.29 is 14.0 Å². The number of hydrogen-bond acceptors (Lipinski definition) is 3. The van der Waals surface area contributed by atoms with Crippen LogP contribution in [0.4, 0.5) is 0 Å². The van der Waals surface area contributed by atoms with Crippen molar-refractivity contribution in [3.8, 4) is 0 Å². The van der Waals surface area contributed by atoms with Crippen LogP contribution in [0.3, 0.4) is 0 Å². The molecule has 1 amide bonds. The smallest absolute Gasteiger partial charge is 0.220 e. The Labute approximate surface area is 113 Å². The molecule has 0 radical (unpaired) electrons. The summed E-state index contributed by atoms with van der Waals surface area (Å²) in [5, 5.41) is 3.04. The second kappa shape index (κ2) is 7.12. The molecule has 1 aliphatic carbocycles. The number of ketones is 1. The minimum absolute atomic E-state index is 0.0215. The lowest BCUT2D eigenvalue weighted by molar-refractivity contribution is -0.121. The van der Waals surface area contributed by atoms with Crippen LogP contribution in [0.1, 0.15) is 61.9 Å². The van der Waals surface area contributed by atoms with Crippen molar-refractivity contribution in [1.29, 1.82) is 0 Å². The van der Waals surface area contributed by atoms with Gasteiger partial charge in [0.25, 0.3) is 0 Å². The van der Waals surface area contributed by atoms with Crippen molar-refractivity contribution in [2.75, 3.05) is 0 Å². The Balaban J connectivity index is 1.70. The van der Waals surface area contributed by atoms with E-state index in [0.717, 1.165) is 12.8 Å². The lowest BCUT2D eigenvalue weighted by atomic mass is 10.1. The molecule has 1 fully saturated rings. The predicted molar refractivity (Wildman–Crippen MR) is 71.9 cm³/mol. The van der Waals surface area contributed by atoms with Gasteiger partial charge in [-0.2, -0.15) is 0 Å². The lowest BCUT2D eigenvalue weighted by Crippen LogP contribution is -2.34. The quantitative estimate of drug-likeness (QED) is 0.656. The molecule has 19 heavy (non-hydrogen) atoms. The summed E-state index contributed by atoms with van der Waals surface area (Å²) in [6, 6.07) is 3.61. The van der Waals surface area contributed by atoms with Gasteiger partial charge < -0.3 is 9.73 Å². The maximum Gasteiger partial charge on any atom is 0.220 e. The molecule has 0 aliphatic heterocycles. The van der Waals surface area contributed by atoms with E-state index >= 15 is 0 Å². The third-order valence-electron chi connectivity index (χ3n) is 3.60. The molecule has 0 saturated heterocycles. The van der Waals surface area contributed by atoms with Crippen molar-refractivity contribution in [3.05, 3.63) is 24.2 Å². The summed E-state index contributed by atoms with van der Waals surface area (Å²) in [6.07, 6.45) is 8.98. The molecule has 2 rings (SSSR count). The van der Waals surface area contributed by atoms with Crippen molar-refractivity contribution in [3.63, 3.8) is 0 Å². The molecule has 1 heterocycles. The van der Waals surface area contributed by atoms with E-state index in [4.69, 9.17) is 4.42 Å². The van der Waals surface area contributed by atoms with Gasteiger partial charge in [-0.1, -0.05) is 25.7 Å². The van der Waals surface area contributed by atoms with E-state index in [-0.39, 0.29) is 24.5 Å². The van der Waals surface area contributed by atoms with E-state index in [0.29, 0.717) is 11.8 Å². The molecule has 0 atom stereocenters. The summed E-state index contributed by atoms with van der Waals surface area (Å²) in [5.41, 5.74) is 0. The van der Waals surface area contributed by atoms with Crippen LogP contribution in [0.5, 0.6) is 0 Å². The number of rotatable bonds is 5. The molecule has 0 aromatic carbocycles. The maximum absolute atomic E-state index is 11.8. The fourth-order valence-electron chi connectivity index (χ4n) is 2.51. The van der Waals surface area contributed by atoms with Crippen LogP contribution in [0, 0.1) is 0 Å². The Morgan fingerprint density at radius 1 is 1.16 bits per heavy atom. The number of nitrogens with one attached hydrogen (secondary N) is 1. The molecule has 1 saturated carbocycles. The van der Waals surface area contributed by atoms with Gasteiger partial charge in [0.05, 0.1) is 6.26 Å². The standard InChI is InChI=1S/C15H21NO3/c17-13(14-8-5-11-19-14)9-10-15(18)16-12-6-3-1-2-4-7-12/h5,8,11-12H,1-4,6-7,9-10H2,(H,16,18). The Morgan fingerprint density at radius 3 is 2.53 bits per heavy atom. The lowest BCUT2D eigenvalue weighted by Gasteiger charge is -2.15. The van der Waals surface area contributed by atoms with Gasteiger partial charge in [-0.15, -0.1) is 0 Å². The Bertz CT molecular complexity index is 403. The van der Waals surface area contributed by atoms with Gasteiger partial charge in [0, 0.05) is 18.9 Å². The largest absolute Gasteiger partial charge is 0.461 e. The molecular formula is C15H21NO3. The third-order valence-corrected chi connectivity index (χ3v) is 3.60. The number of hydrogen-bond donors (Lipinski definition) is 1. The van der Waals surface area contributed by atoms with Gasteiger partial charge in [-0.3, -0.25) is 9.59 Å². The van der Waals surface area contributed by atoms with Gasteiger partial charge >= 0.3 is 0 Å². The first kappa shape index (κ1) is 13.8. The minimum atomic E-state index is -0.110. The fourth-order valence-corrected chi connectivity index (χ4v) is 2.51. The zero-order valence-electron chi connectivity index (χ0n) is 11.2. The second-order valence-corrected chi connectivity index (χ2v) is 5.16. The highest BCUT2D eigenvalue weighted by molar-refractivity contribution is 5.95. The summed E-state index contributed by atoms with van der Waals surface area (Å²) in [7, 11) is 0. The van der Waals surface area contributed by atoms with E-state index < -0.39 is 0 Å². The first-order chi connectivity index (χ1) is 9.25. The summed E-state index contributed by atoms with van der Waals surface area (Å²) in [5.74, 6) is 0.204. The number of carbonyl (C=O) groups excluding carboxylic acids is 2. The Kier molecular flexibility index (Phi) is 5.19. The molecule has 4 nitrogen and oxygen atoms in total. The van der Waals surface area contributed by atoms with Crippen LogP contribution in [-0.4, -0.2) is 17.7 Å². The van der Waals surface area contributed by atoms with Gasteiger partial charge in [0.1, 0.15) is 0 Å². The molecule has 0 spiro atoms. The highest BCUT2D eigenvalue weighted by atomic mass is 16.3.